The molecule has 1 N–H and O–H groups in total. The Labute approximate surface area is 151 Å². The molecular weight excluding hydrogens is 354 g/mol. The molecule has 3 aromatic rings. The number of imidazole rings is 1. The van der Waals surface area contributed by atoms with Gasteiger partial charge in [0.05, 0.1) is 35.7 Å². The smallest absolute Gasteiger partial charge is 0.240 e. The Bertz CT molecular complexity index is 1030. The van der Waals surface area contributed by atoms with Crippen molar-refractivity contribution in [2.75, 3.05) is 20.3 Å². The Morgan fingerprint density at radius 2 is 2.08 bits per heavy atom. The minimum absolute atomic E-state index is 0.186. The van der Waals surface area contributed by atoms with Gasteiger partial charge in [-0.2, -0.15) is 0 Å². The van der Waals surface area contributed by atoms with Crippen LogP contribution in [0.1, 0.15) is 11.9 Å². The van der Waals surface area contributed by atoms with Crippen LogP contribution < -0.4 is 9.46 Å². The van der Waals surface area contributed by atoms with E-state index in [0.717, 1.165) is 22.6 Å². The predicted octanol–water partition coefficient (Wildman–Crippen LogP) is 2.09. The van der Waals surface area contributed by atoms with Crippen LogP contribution >= 0.6 is 0 Å². The lowest BCUT2D eigenvalue weighted by atomic mass is 10.2. The van der Waals surface area contributed by atoms with Crippen molar-refractivity contribution in [2.24, 2.45) is 0 Å². The number of methoxy groups -OCH3 is 1. The van der Waals surface area contributed by atoms with Crippen molar-refractivity contribution in [3.8, 4) is 5.75 Å². The average Bonchev–Trinajstić information content (AvgIpc) is 3.05. The van der Waals surface area contributed by atoms with E-state index in [-0.39, 0.29) is 17.5 Å². The number of aromatic nitrogens is 2. The zero-order valence-corrected chi connectivity index (χ0v) is 15.1. The number of hydrogen-bond acceptors (Lipinski definition) is 5. The maximum atomic E-state index is 12.5. The summed E-state index contributed by atoms with van der Waals surface area (Å²) in [5.74, 6) is 1.51. The first-order valence-electron chi connectivity index (χ1n) is 8.26. The molecular formula is C18H19N3O4S. The maximum Gasteiger partial charge on any atom is 0.240 e. The summed E-state index contributed by atoms with van der Waals surface area (Å²) in [7, 11) is -1.96. The van der Waals surface area contributed by atoms with E-state index in [9.17, 15) is 8.42 Å². The molecule has 26 heavy (non-hydrogen) atoms. The molecule has 0 radical (unpaired) electrons. The molecule has 0 fully saturated rings. The second kappa shape index (κ2) is 6.71. The molecule has 136 valence electrons. The van der Waals surface area contributed by atoms with Gasteiger partial charge in [-0.05, 0) is 24.3 Å². The van der Waals surface area contributed by atoms with Crippen molar-refractivity contribution in [2.45, 2.75) is 17.5 Å². The number of benzene rings is 2. The van der Waals surface area contributed by atoms with Crippen LogP contribution in [-0.4, -0.2) is 38.2 Å². The summed E-state index contributed by atoms with van der Waals surface area (Å²) in [6, 6.07) is 13.8. The highest BCUT2D eigenvalue weighted by molar-refractivity contribution is 7.89. The number of nitrogens with zero attached hydrogens (tertiary/aromatic N) is 2. The molecule has 0 saturated carbocycles. The molecule has 0 spiro atoms. The predicted molar refractivity (Wildman–Crippen MR) is 96.6 cm³/mol. The van der Waals surface area contributed by atoms with E-state index in [2.05, 4.69) is 9.71 Å². The largest absolute Gasteiger partial charge is 0.497 e. The van der Waals surface area contributed by atoms with Gasteiger partial charge in [-0.15, -0.1) is 0 Å². The number of fused-ring (bicyclic) bond motifs is 3. The molecule has 1 aliphatic rings. The zero-order chi connectivity index (χ0) is 18.1. The molecule has 4 rings (SSSR count). The van der Waals surface area contributed by atoms with E-state index in [4.69, 9.17) is 9.47 Å². The fraction of sp³-hybridized carbons (Fsp3) is 0.278. The number of ether oxygens (including phenoxy) is 2. The van der Waals surface area contributed by atoms with Crippen molar-refractivity contribution >= 4 is 21.1 Å². The van der Waals surface area contributed by atoms with E-state index in [1.165, 1.54) is 0 Å². The molecule has 0 unspecified atom stereocenters. The summed E-state index contributed by atoms with van der Waals surface area (Å²) < 4.78 is 40.6. The van der Waals surface area contributed by atoms with Gasteiger partial charge in [0.2, 0.25) is 10.0 Å². The number of hydrogen-bond donors (Lipinski definition) is 1. The van der Waals surface area contributed by atoms with Gasteiger partial charge in [-0.25, -0.2) is 18.1 Å². The monoisotopic (exact) mass is 373 g/mol. The summed E-state index contributed by atoms with van der Waals surface area (Å²) in [5, 5.41) is 0. The molecule has 0 saturated heterocycles. The van der Waals surface area contributed by atoms with Crippen molar-refractivity contribution in [3.63, 3.8) is 0 Å². The van der Waals surface area contributed by atoms with Gasteiger partial charge < -0.3 is 14.0 Å². The lowest BCUT2D eigenvalue weighted by molar-refractivity contribution is 0.0581. The van der Waals surface area contributed by atoms with Gasteiger partial charge in [-0.1, -0.05) is 18.2 Å². The average molecular weight is 373 g/mol. The quantitative estimate of drug-likeness (QED) is 0.741. The maximum absolute atomic E-state index is 12.5. The standard InChI is InChI=1S/C18H19N3O4S/c1-24-14-7-8-16-17(9-14)21-13(11-25-12-18(21)20-16)10-19-26(22,23)15-5-3-2-4-6-15/h2-9,13,19H,10-12H2,1H3/t13-/m0/s1. The second-order valence-corrected chi connectivity index (χ2v) is 7.85. The topological polar surface area (TPSA) is 82.5 Å². The van der Waals surface area contributed by atoms with Crippen molar-refractivity contribution in [1.29, 1.82) is 0 Å². The van der Waals surface area contributed by atoms with Crippen molar-refractivity contribution in [1.82, 2.24) is 14.3 Å². The molecule has 8 heteroatoms. The van der Waals surface area contributed by atoms with E-state index in [1.54, 1.807) is 37.4 Å². The van der Waals surface area contributed by atoms with Crippen LogP contribution in [0, 0.1) is 0 Å². The number of nitrogens with one attached hydrogen (secondary N) is 1. The minimum atomic E-state index is -3.58. The van der Waals surface area contributed by atoms with E-state index in [0.29, 0.717) is 13.2 Å². The molecule has 0 aliphatic carbocycles. The Morgan fingerprint density at radius 1 is 1.27 bits per heavy atom. The summed E-state index contributed by atoms with van der Waals surface area (Å²) in [6.07, 6.45) is 0. The molecule has 0 amide bonds. The van der Waals surface area contributed by atoms with E-state index >= 15 is 0 Å². The van der Waals surface area contributed by atoms with Gasteiger partial charge in [0, 0.05) is 12.6 Å². The Balaban J connectivity index is 1.64. The summed E-state index contributed by atoms with van der Waals surface area (Å²) >= 11 is 0. The van der Waals surface area contributed by atoms with Crippen molar-refractivity contribution < 1.29 is 17.9 Å². The van der Waals surface area contributed by atoms with Crippen LogP contribution in [0.2, 0.25) is 0 Å². The molecule has 2 heterocycles. The lowest BCUT2D eigenvalue weighted by Gasteiger charge is -2.26. The van der Waals surface area contributed by atoms with Gasteiger partial charge in [-0.3, -0.25) is 0 Å². The summed E-state index contributed by atoms with van der Waals surface area (Å²) in [6.45, 7) is 1.03. The third-order valence-electron chi connectivity index (χ3n) is 4.44. The summed E-state index contributed by atoms with van der Waals surface area (Å²) in [4.78, 5) is 4.83. The van der Waals surface area contributed by atoms with Crippen LogP contribution in [0.15, 0.2) is 53.4 Å². The minimum Gasteiger partial charge on any atom is -0.497 e. The highest BCUT2D eigenvalue weighted by atomic mass is 32.2. The highest BCUT2D eigenvalue weighted by Gasteiger charge is 2.26. The number of sulfonamides is 1. The molecule has 1 aromatic heterocycles. The van der Waals surface area contributed by atoms with Crippen LogP contribution in [0.4, 0.5) is 0 Å². The Morgan fingerprint density at radius 3 is 2.85 bits per heavy atom. The van der Waals surface area contributed by atoms with Crippen LogP contribution in [0.3, 0.4) is 0 Å². The van der Waals surface area contributed by atoms with Gasteiger partial charge in [0.25, 0.3) is 0 Å². The van der Waals surface area contributed by atoms with Gasteiger partial charge in [0.1, 0.15) is 18.2 Å². The van der Waals surface area contributed by atoms with Gasteiger partial charge in [0.15, 0.2) is 0 Å². The third kappa shape index (κ3) is 3.07. The SMILES string of the molecule is COc1ccc2nc3n(c2c1)[C@@H](CNS(=O)(=O)c1ccccc1)COC3. The third-order valence-corrected chi connectivity index (χ3v) is 5.88. The molecule has 0 bridgehead atoms. The van der Waals surface area contributed by atoms with E-state index < -0.39 is 10.0 Å². The fourth-order valence-electron chi connectivity index (χ4n) is 3.16. The Hall–Kier alpha value is -2.42. The first-order valence-corrected chi connectivity index (χ1v) is 9.74. The molecule has 7 nitrogen and oxygen atoms in total. The second-order valence-electron chi connectivity index (χ2n) is 6.09. The highest BCUT2D eigenvalue weighted by Crippen LogP contribution is 2.28. The first-order chi connectivity index (χ1) is 12.6. The van der Waals surface area contributed by atoms with Crippen molar-refractivity contribution in [3.05, 3.63) is 54.4 Å². The van der Waals surface area contributed by atoms with Crippen LogP contribution in [0.25, 0.3) is 11.0 Å². The van der Waals surface area contributed by atoms with Crippen LogP contribution in [-0.2, 0) is 21.4 Å². The molecule has 1 atom stereocenters. The zero-order valence-electron chi connectivity index (χ0n) is 14.3. The first kappa shape index (κ1) is 17.0. The Kier molecular flexibility index (Phi) is 4.39. The normalized spacial score (nSPS) is 17.2. The van der Waals surface area contributed by atoms with Gasteiger partial charge >= 0.3 is 0 Å². The number of rotatable bonds is 5. The van der Waals surface area contributed by atoms with E-state index in [1.807, 2.05) is 22.8 Å². The molecule has 1 aliphatic heterocycles. The lowest BCUT2D eigenvalue weighted by Crippen LogP contribution is -2.35. The summed E-state index contributed by atoms with van der Waals surface area (Å²) in [5.41, 5.74) is 1.74. The molecule has 2 aromatic carbocycles. The fourth-order valence-corrected chi connectivity index (χ4v) is 4.25. The van der Waals surface area contributed by atoms with Crippen LogP contribution in [0.5, 0.6) is 5.75 Å².